The highest BCUT2D eigenvalue weighted by Crippen LogP contribution is 2.24. The van der Waals surface area contributed by atoms with Crippen LogP contribution in [0.5, 0.6) is 0 Å². The van der Waals surface area contributed by atoms with Gasteiger partial charge < -0.3 is 20.5 Å². The molecule has 1 fully saturated rings. The average Bonchev–Trinajstić information content (AvgIpc) is 2.64. The third-order valence-electron chi connectivity index (χ3n) is 3.50. The molecule has 2 amide bonds. The molecular formula is C12H22N2O4S. The fourth-order valence-corrected chi connectivity index (χ4v) is 2.42. The molecule has 3 atom stereocenters. The van der Waals surface area contributed by atoms with Crippen LogP contribution in [-0.2, 0) is 9.53 Å². The van der Waals surface area contributed by atoms with Crippen LogP contribution in [0.15, 0.2) is 0 Å². The second-order valence-corrected chi connectivity index (χ2v) is 5.94. The van der Waals surface area contributed by atoms with Crippen molar-refractivity contribution in [3.8, 4) is 0 Å². The van der Waals surface area contributed by atoms with Crippen LogP contribution in [0.2, 0.25) is 0 Å². The van der Waals surface area contributed by atoms with E-state index in [-0.39, 0.29) is 6.10 Å². The summed E-state index contributed by atoms with van der Waals surface area (Å²) in [6.45, 7) is 4.41. The van der Waals surface area contributed by atoms with E-state index in [1.165, 1.54) is 0 Å². The molecular weight excluding hydrogens is 268 g/mol. The maximum Gasteiger partial charge on any atom is 0.326 e. The highest BCUT2D eigenvalue weighted by Gasteiger charge is 2.38. The first kappa shape index (κ1) is 16.1. The van der Waals surface area contributed by atoms with Gasteiger partial charge in [0.2, 0.25) is 0 Å². The van der Waals surface area contributed by atoms with Crippen molar-refractivity contribution in [1.29, 1.82) is 0 Å². The minimum Gasteiger partial charge on any atom is -0.480 e. The Morgan fingerprint density at radius 3 is 2.74 bits per heavy atom. The number of urea groups is 1. The van der Waals surface area contributed by atoms with E-state index >= 15 is 0 Å². The van der Waals surface area contributed by atoms with Crippen molar-refractivity contribution >= 4 is 23.8 Å². The van der Waals surface area contributed by atoms with Gasteiger partial charge in [-0.3, -0.25) is 0 Å². The summed E-state index contributed by atoms with van der Waals surface area (Å²) in [5.41, 5.74) is -0.438. The molecule has 0 aromatic carbocycles. The number of carboxylic acid groups (broad SMARTS) is 1. The van der Waals surface area contributed by atoms with E-state index < -0.39 is 23.6 Å². The van der Waals surface area contributed by atoms with Gasteiger partial charge in [0.25, 0.3) is 0 Å². The smallest absolute Gasteiger partial charge is 0.326 e. The third kappa shape index (κ3) is 4.58. The Kier molecular flexibility index (Phi) is 5.93. The number of carbonyl (C=O) groups excluding carboxylic acids is 1. The lowest BCUT2D eigenvalue weighted by Crippen LogP contribution is -2.56. The number of ether oxygens (including phenoxy) is 1. The quantitative estimate of drug-likeness (QED) is 0.681. The molecule has 0 spiro atoms. The molecule has 3 unspecified atom stereocenters. The highest BCUT2D eigenvalue weighted by molar-refractivity contribution is 7.98. The fraction of sp³-hybridized carbons (Fsp3) is 0.833. The van der Waals surface area contributed by atoms with Crippen LogP contribution in [0.25, 0.3) is 0 Å². The molecule has 0 aromatic rings. The maximum atomic E-state index is 11.9. The van der Waals surface area contributed by atoms with Crippen molar-refractivity contribution in [2.75, 3.05) is 18.6 Å². The van der Waals surface area contributed by atoms with Gasteiger partial charge in [0.05, 0.1) is 11.6 Å². The van der Waals surface area contributed by atoms with Gasteiger partial charge in [0.15, 0.2) is 0 Å². The van der Waals surface area contributed by atoms with E-state index in [9.17, 15) is 9.59 Å². The summed E-state index contributed by atoms with van der Waals surface area (Å²) >= 11 is 1.55. The fourth-order valence-electron chi connectivity index (χ4n) is 1.95. The Balaban J connectivity index is 2.50. The summed E-state index contributed by atoms with van der Waals surface area (Å²) in [5.74, 6) is -0.321. The molecule has 110 valence electrons. The first-order chi connectivity index (χ1) is 8.89. The molecule has 1 rings (SSSR count). The van der Waals surface area contributed by atoms with E-state index in [2.05, 4.69) is 10.6 Å². The number of carbonyl (C=O) groups is 2. The van der Waals surface area contributed by atoms with Gasteiger partial charge in [-0.2, -0.15) is 11.8 Å². The van der Waals surface area contributed by atoms with Crippen molar-refractivity contribution < 1.29 is 19.4 Å². The van der Waals surface area contributed by atoms with E-state index in [0.29, 0.717) is 18.8 Å². The molecule has 1 heterocycles. The van der Waals surface area contributed by atoms with Crippen molar-refractivity contribution in [1.82, 2.24) is 10.6 Å². The van der Waals surface area contributed by atoms with Crippen molar-refractivity contribution in [3.63, 3.8) is 0 Å². The lowest BCUT2D eigenvalue weighted by molar-refractivity contribution is -0.139. The molecule has 7 heteroatoms. The number of thioether (sulfide) groups is 1. The molecule has 1 saturated heterocycles. The van der Waals surface area contributed by atoms with Gasteiger partial charge in [0.1, 0.15) is 6.04 Å². The number of aliphatic carboxylic acids is 1. The minimum atomic E-state index is -1.01. The summed E-state index contributed by atoms with van der Waals surface area (Å²) < 4.78 is 5.42. The molecule has 1 aliphatic rings. The molecule has 0 radical (unpaired) electrons. The standard InChI is InChI=1S/C12H22N2O4S/c1-8-12(2,5-6-18-8)14-11(17)13-9(10(15)16)4-7-19-3/h8-9H,4-7H2,1-3H3,(H,15,16)(H2,13,14,17). The van der Waals surface area contributed by atoms with Crippen LogP contribution in [0.3, 0.4) is 0 Å². The number of hydrogen-bond donors (Lipinski definition) is 3. The number of rotatable bonds is 6. The second kappa shape index (κ2) is 7.00. The third-order valence-corrected chi connectivity index (χ3v) is 4.14. The van der Waals surface area contributed by atoms with Crippen molar-refractivity contribution in [2.45, 2.75) is 44.4 Å². The summed E-state index contributed by atoms with van der Waals surface area (Å²) in [6, 6.07) is -1.30. The van der Waals surface area contributed by atoms with Gasteiger partial charge in [0, 0.05) is 6.61 Å². The molecule has 6 nitrogen and oxygen atoms in total. The first-order valence-electron chi connectivity index (χ1n) is 6.31. The van der Waals surface area contributed by atoms with Crippen LogP contribution >= 0.6 is 11.8 Å². The van der Waals surface area contributed by atoms with Crippen LogP contribution in [0.4, 0.5) is 4.79 Å². The van der Waals surface area contributed by atoms with Crippen LogP contribution < -0.4 is 10.6 Å². The molecule has 0 aliphatic carbocycles. The zero-order valence-electron chi connectivity index (χ0n) is 11.6. The van der Waals surface area contributed by atoms with Crippen molar-refractivity contribution in [2.24, 2.45) is 0 Å². The monoisotopic (exact) mass is 290 g/mol. The van der Waals surface area contributed by atoms with Gasteiger partial charge in [-0.05, 0) is 38.7 Å². The SMILES string of the molecule is CSCCC(NC(=O)NC1(C)CCOC1C)C(=O)O. The largest absolute Gasteiger partial charge is 0.480 e. The normalized spacial score (nSPS) is 27.8. The Hall–Kier alpha value is -0.950. The van der Waals surface area contributed by atoms with Crippen LogP contribution in [0.1, 0.15) is 26.7 Å². The average molecular weight is 290 g/mol. The lowest BCUT2D eigenvalue weighted by Gasteiger charge is -2.29. The predicted octanol–water partition coefficient (Wildman–Crippen LogP) is 1.06. The summed E-state index contributed by atoms with van der Waals surface area (Å²) in [7, 11) is 0. The van der Waals surface area contributed by atoms with E-state index in [1.54, 1.807) is 11.8 Å². The molecule has 0 bridgehead atoms. The zero-order valence-corrected chi connectivity index (χ0v) is 12.4. The zero-order chi connectivity index (χ0) is 14.5. The second-order valence-electron chi connectivity index (χ2n) is 4.95. The maximum absolute atomic E-state index is 11.9. The van der Waals surface area contributed by atoms with Crippen LogP contribution in [-0.4, -0.2) is 53.4 Å². The van der Waals surface area contributed by atoms with Crippen molar-refractivity contribution in [3.05, 3.63) is 0 Å². The first-order valence-corrected chi connectivity index (χ1v) is 7.70. The number of carboxylic acids is 1. The molecule has 0 saturated carbocycles. The summed E-state index contributed by atoms with van der Waals surface area (Å²) in [6.07, 6.45) is 2.96. The molecule has 1 aliphatic heterocycles. The van der Waals surface area contributed by atoms with Gasteiger partial charge in [-0.25, -0.2) is 9.59 Å². The Morgan fingerprint density at radius 2 is 2.26 bits per heavy atom. The molecule has 3 N–H and O–H groups in total. The Bertz CT molecular complexity index is 340. The van der Waals surface area contributed by atoms with Crippen LogP contribution in [0, 0.1) is 0 Å². The van der Waals surface area contributed by atoms with E-state index in [4.69, 9.17) is 9.84 Å². The summed E-state index contributed by atoms with van der Waals surface area (Å²) in [5, 5.41) is 14.4. The lowest BCUT2D eigenvalue weighted by atomic mass is 9.95. The number of nitrogens with one attached hydrogen (secondary N) is 2. The highest BCUT2D eigenvalue weighted by atomic mass is 32.2. The van der Waals surface area contributed by atoms with Gasteiger partial charge in [-0.15, -0.1) is 0 Å². The predicted molar refractivity (Wildman–Crippen MR) is 74.5 cm³/mol. The van der Waals surface area contributed by atoms with E-state index in [0.717, 1.165) is 6.42 Å². The van der Waals surface area contributed by atoms with Gasteiger partial charge in [-0.1, -0.05) is 0 Å². The minimum absolute atomic E-state index is 0.0762. The summed E-state index contributed by atoms with van der Waals surface area (Å²) in [4.78, 5) is 22.9. The molecule has 19 heavy (non-hydrogen) atoms. The number of amides is 2. The topological polar surface area (TPSA) is 87.7 Å². The van der Waals surface area contributed by atoms with Gasteiger partial charge >= 0.3 is 12.0 Å². The Labute approximate surface area is 117 Å². The molecule has 0 aromatic heterocycles. The van der Waals surface area contributed by atoms with E-state index in [1.807, 2.05) is 20.1 Å². The number of hydrogen-bond acceptors (Lipinski definition) is 4. The Morgan fingerprint density at radius 1 is 1.58 bits per heavy atom.